The summed E-state index contributed by atoms with van der Waals surface area (Å²) in [6.45, 7) is 0.451. The Balaban J connectivity index is 2.22. The zero-order valence-corrected chi connectivity index (χ0v) is 10.1. The molecule has 0 radical (unpaired) electrons. The lowest BCUT2D eigenvalue weighted by atomic mass is 10.1. The Morgan fingerprint density at radius 2 is 2.00 bits per heavy atom. The van der Waals surface area contributed by atoms with E-state index in [4.69, 9.17) is 11.0 Å². The summed E-state index contributed by atoms with van der Waals surface area (Å²) in [6, 6.07) is 13.4. The van der Waals surface area contributed by atoms with Crippen molar-refractivity contribution in [1.29, 1.82) is 5.26 Å². The summed E-state index contributed by atoms with van der Waals surface area (Å²) in [5, 5.41) is 13.0. The van der Waals surface area contributed by atoms with Crippen LogP contribution in [0.2, 0.25) is 0 Å². The van der Waals surface area contributed by atoms with Crippen LogP contribution in [0.4, 0.5) is 0 Å². The smallest absolute Gasteiger partial charge is 0.156 e. The van der Waals surface area contributed by atoms with Gasteiger partial charge in [-0.1, -0.05) is 12.1 Å². The summed E-state index contributed by atoms with van der Waals surface area (Å²) in [6.07, 6.45) is 1.52. The summed E-state index contributed by atoms with van der Waals surface area (Å²) in [5.74, 6) is 0. The predicted molar refractivity (Wildman–Crippen MR) is 71.0 cm³/mol. The molecule has 0 amide bonds. The lowest BCUT2D eigenvalue weighted by Gasteiger charge is -2.07. The van der Waals surface area contributed by atoms with Gasteiger partial charge in [-0.15, -0.1) is 0 Å². The number of hydrogen-bond donors (Lipinski definition) is 1. The summed E-state index contributed by atoms with van der Waals surface area (Å²) >= 11 is 0. The van der Waals surface area contributed by atoms with Crippen LogP contribution in [0.15, 0.2) is 42.7 Å². The van der Waals surface area contributed by atoms with Gasteiger partial charge in [0, 0.05) is 12.1 Å². The van der Waals surface area contributed by atoms with E-state index in [1.54, 1.807) is 16.6 Å². The second-order valence-electron chi connectivity index (χ2n) is 4.17. The van der Waals surface area contributed by atoms with Crippen LogP contribution in [0.1, 0.15) is 11.1 Å². The lowest BCUT2D eigenvalue weighted by molar-refractivity contribution is 0.955. The van der Waals surface area contributed by atoms with Crippen molar-refractivity contribution >= 4 is 5.65 Å². The Hall–Kier alpha value is -2.71. The first-order valence-corrected chi connectivity index (χ1v) is 5.85. The number of aromatic nitrogens is 3. The van der Waals surface area contributed by atoms with E-state index < -0.39 is 0 Å². The maximum Gasteiger partial charge on any atom is 0.156 e. The van der Waals surface area contributed by atoms with Gasteiger partial charge in [-0.2, -0.15) is 10.4 Å². The molecule has 1 aromatic carbocycles. The average Bonchev–Trinajstić information content (AvgIpc) is 2.94. The van der Waals surface area contributed by atoms with Gasteiger partial charge in [-0.3, -0.25) is 0 Å². The normalized spacial score (nSPS) is 10.5. The van der Waals surface area contributed by atoms with Gasteiger partial charge in [-0.25, -0.2) is 9.50 Å². The molecule has 0 aliphatic carbocycles. The number of nitrogens with two attached hydrogens (primary N) is 1. The first-order chi connectivity index (χ1) is 9.31. The topological polar surface area (TPSA) is 80.0 Å². The fourth-order valence-corrected chi connectivity index (χ4v) is 2.02. The summed E-state index contributed by atoms with van der Waals surface area (Å²) in [4.78, 5) is 4.19. The molecule has 2 N–H and O–H groups in total. The molecule has 5 heteroatoms. The van der Waals surface area contributed by atoms with Crippen LogP contribution >= 0.6 is 0 Å². The minimum Gasteiger partial charge on any atom is -0.326 e. The number of nitriles is 1. The predicted octanol–water partition coefficient (Wildman–Crippen LogP) is 1.73. The Bertz CT molecular complexity index is 765. The summed E-state index contributed by atoms with van der Waals surface area (Å²) < 4.78 is 1.76. The van der Waals surface area contributed by atoms with Crippen LogP contribution in [0.5, 0.6) is 0 Å². The van der Waals surface area contributed by atoms with Gasteiger partial charge in [0.1, 0.15) is 6.33 Å². The molecular formula is C14H11N5. The Kier molecular flexibility index (Phi) is 2.71. The molecule has 0 aliphatic heterocycles. The van der Waals surface area contributed by atoms with Gasteiger partial charge in [0.15, 0.2) is 5.65 Å². The Labute approximate surface area is 109 Å². The Morgan fingerprint density at radius 3 is 2.68 bits per heavy atom. The first kappa shape index (κ1) is 11.4. The van der Waals surface area contributed by atoms with Gasteiger partial charge in [0.2, 0.25) is 0 Å². The molecule has 2 heterocycles. The van der Waals surface area contributed by atoms with Crippen LogP contribution in [0.3, 0.4) is 0 Å². The Morgan fingerprint density at radius 1 is 1.21 bits per heavy atom. The molecule has 0 spiro atoms. The van der Waals surface area contributed by atoms with Crippen LogP contribution < -0.4 is 5.73 Å². The molecule has 0 bridgehead atoms. The molecule has 0 fully saturated rings. The fourth-order valence-electron chi connectivity index (χ4n) is 2.02. The summed E-state index contributed by atoms with van der Waals surface area (Å²) in [5.41, 5.74) is 9.99. The molecule has 3 aromatic rings. The number of hydrogen-bond acceptors (Lipinski definition) is 4. The standard InChI is InChI=1S/C14H11N5/c15-7-10-1-3-12(4-2-10)13-5-11(8-16)6-14-17-9-18-19(13)14/h1-6,9H,8,16H2. The molecule has 0 unspecified atom stereocenters. The maximum atomic E-state index is 8.83. The third-order valence-electron chi connectivity index (χ3n) is 2.98. The molecule has 5 nitrogen and oxygen atoms in total. The van der Waals surface area contributed by atoms with E-state index >= 15 is 0 Å². The number of benzene rings is 1. The molecular weight excluding hydrogens is 238 g/mol. The van der Waals surface area contributed by atoms with E-state index in [1.807, 2.05) is 24.3 Å². The molecule has 3 rings (SSSR count). The average molecular weight is 249 g/mol. The van der Waals surface area contributed by atoms with Gasteiger partial charge in [-0.05, 0) is 29.8 Å². The van der Waals surface area contributed by atoms with Crippen molar-refractivity contribution in [3.8, 4) is 17.3 Å². The molecule has 2 aromatic heterocycles. The highest BCUT2D eigenvalue weighted by Crippen LogP contribution is 2.22. The van der Waals surface area contributed by atoms with Crippen molar-refractivity contribution < 1.29 is 0 Å². The SMILES string of the molecule is N#Cc1ccc(-c2cc(CN)cc3ncnn23)cc1. The zero-order chi connectivity index (χ0) is 13.2. The highest BCUT2D eigenvalue weighted by Gasteiger charge is 2.07. The van der Waals surface area contributed by atoms with Crippen molar-refractivity contribution in [3.05, 3.63) is 53.9 Å². The molecule has 19 heavy (non-hydrogen) atoms. The fraction of sp³-hybridized carbons (Fsp3) is 0.0714. The highest BCUT2D eigenvalue weighted by molar-refractivity contribution is 5.65. The second-order valence-corrected chi connectivity index (χ2v) is 4.17. The number of rotatable bonds is 2. The third-order valence-corrected chi connectivity index (χ3v) is 2.98. The van der Waals surface area contributed by atoms with Crippen molar-refractivity contribution in [2.24, 2.45) is 5.73 Å². The first-order valence-electron chi connectivity index (χ1n) is 5.85. The molecule has 0 aliphatic rings. The van der Waals surface area contributed by atoms with E-state index in [1.165, 1.54) is 6.33 Å². The second kappa shape index (κ2) is 4.52. The lowest BCUT2D eigenvalue weighted by Crippen LogP contribution is -2.01. The number of nitrogens with zero attached hydrogens (tertiary/aromatic N) is 4. The van der Waals surface area contributed by atoms with Crippen LogP contribution in [-0.4, -0.2) is 14.6 Å². The van der Waals surface area contributed by atoms with Crippen LogP contribution in [-0.2, 0) is 6.54 Å². The zero-order valence-electron chi connectivity index (χ0n) is 10.1. The van der Waals surface area contributed by atoms with Crippen molar-refractivity contribution in [2.75, 3.05) is 0 Å². The summed E-state index contributed by atoms with van der Waals surface area (Å²) in [7, 11) is 0. The van der Waals surface area contributed by atoms with E-state index in [2.05, 4.69) is 16.2 Å². The molecule has 92 valence electrons. The molecule has 0 saturated carbocycles. The monoisotopic (exact) mass is 249 g/mol. The maximum absolute atomic E-state index is 8.83. The molecule has 0 atom stereocenters. The number of pyridine rings is 1. The van der Waals surface area contributed by atoms with E-state index in [0.717, 1.165) is 22.5 Å². The van der Waals surface area contributed by atoms with E-state index in [-0.39, 0.29) is 0 Å². The van der Waals surface area contributed by atoms with E-state index in [0.29, 0.717) is 12.1 Å². The van der Waals surface area contributed by atoms with Crippen LogP contribution in [0, 0.1) is 11.3 Å². The van der Waals surface area contributed by atoms with Crippen molar-refractivity contribution in [3.63, 3.8) is 0 Å². The highest BCUT2D eigenvalue weighted by atomic mass is 15.3. The third kappa shape index (κ3) is 1.94. The van der Waals surface area contributed by atoms with Crippen molar-refractivity contribution in [2.45, 2.75) is 6.54 Å². The quantitative estimate of drug-likeness (QED) is 0.750. The van der Waals surface area contributed by atoms with Gasteiger partial charge in [0.05, 0.1) is 17.3 Å². The van der Waals surface area contributed by atoms with Gasteiger partial charge in [0.25, 0.3) is 0 Å². The minimum absolute atomic E-state index is 0.451. The largest absolute Gasteiger partial charge is 0.326 e. The van der Waals surface area contributed by atoms with Gasteiger partial charge < -0.3 is 5.73 Å². The van der Waals surface area contributed by atoms with Gasteiger partial charge >= 0.3 is 0 Å². The molecule has 0 saturated heterocycles. The van der Waals surface area contributed by atoms with Crippen molar-refractivity contribution in [1.82, 2.24) is 14.6 Å². The van der Waals surface area contributed by atoms with Crippen LogP contribution in [0.25, 0.3) is 16.9 Å². The minimum atomic E-state index is 0.451. The number of fused-ring (bicyclic) bond motifs is 1. The van der Waals surface area contributed by atoms with E-state index in [9.17, 15) is 0 Å².